The van der Waals surface area contributed by atoms with E-state index in [1.807, 2.05) is 0 Å². The molecule has 0 N–H and O–H groups in total. The van der Waals surface area contributed by atoms with Crippen LogP contribution >= 0.6 is 0 Å². The highest BCUT2D eigenvalue weighted by molar-refractivity contribution is 6.12. The first-order valence-corrected chi connectivity index (χ1v) is 25.5. The topological polar surface area (TPSA) is 9.86 Å². The summed E-state index contributed by atoms with van der Waals surface area (Å²) in [5.41, 5.74) is 24.0. The highest BCUT2D eigenvalue weighted by Crippen LogP contribution is 2.41. The average Bonchev–Trinajstić information content (AvgIpc) is 4.00. The number of hydrogen-bond acceptors (Lipinski definition) is 0. The van der Waals surface area contributed by atoms with Crippen molar-refractivity contribution in [2.24, 2.45) is 0 Å². The highest BCUT2D eigenvalue weighted by Gasteiger charge is 2.18. The Bertz CT molecular complexity index is 4070. The third-order valence-electron chi connectivity index (χ3n) is 15.0. The molecular formula is C72H48N2. The molecule has 0 bridgehead atoms. The van der Waals surface area contributed by atoms with Gasteiger partial charge in [-0.25, -0.2) is 0 Å². The van der Waals surface area contributed by atoms with E-state index in [-0.39, 0.29) is 0 Å². The number of fused-ring (bicyclic) bond motifs is 6. The van der Waals surface area contributed by atoms with Crippen LogP contribution in [0.4, 0.5) is 0 Å². The van der Waals surface area contributed by atoms with Gasteiger partial charge in [0, 0.05) is 32.7 Å². The molecule has 0 saturated heterocycles. The molecule has 14 aromatic rings. The van der Waals surface area contributed by atoms with Gasteiger partial charge in [-0.05, 0) is 115 Å². The van der Waals surface area contributed by atoms with Gasteiger partial charge in [0.2, 0.25) is 0 Å². The molecule has 2 aromatic heterocycles. The second kappa shape index (κ2) is 18.1. The van der Waals surface area contributed by atoms with Crippen LogP contribution in [0.5, 0.6) is 0 Å². The smallest absolute Gasteiger partial charge is 0.0541 e. The summed E-state index contributed by atoms with van der Waals surface area (Å²) >= 11 is 0. The molecule has 0 amide bonds. The Labute approximate surface area is 431 Å². The molecule has 2 heterocycles. The molecular weight excluding hydrogens is 893 g/mol. The maximum atomic E-state index is 2.42. The summed E-state index contributed by atoms with van der Waals surface area (Å²) in [5.74, 6) is 0. The number of aromatic nitrogens is 2. The lowest BCUT2D eigenvalue weighted by molar-refractivity contribution is 1.18. The van der Waals surface area contributed by atoms with Crippen molar-refractivity contribution in [3.63, 3.8) is 0 Å². The van der Waals surface area contributed by atoms with Crippen molar-refractivity contribution in [3.8, 4) is 89.3 Å². The molecule has 0 aliphatic carbocycles. The number of rotatable bonds is 9. The van der Waals surface area contributed by atoms with Crippen LogP contribution in [0.15, 0.2) is 291 Å². The Morgan fingerprint density at radius 2 is 0.419 bits per heavy atom. The summed E-state index contributed by atoms with van der Waals surface area (Å²) in [6.45, 7) is 0. The minimum Gasteiger partial charge on any atom is -0.309 e. The van der Waals surface area contributed by atoms with E-state index in [0.29, 0.717) is 0 Å². The van der Waals surface area contributed by atoms with Crippen LogP contribution < -0.4 is 0 Å². The molecule has 0 aliphatic heterocycles. The fourth-order valence-corrected chi connectivity index (χ4v) is 11.3. The standard InChI is InChI=1S/C72H48N2/c1-3-15-57(16-4-1)61-19-7-11-23-67(61)73-69-25-13-9-21-63(69)65-47-59(43-45-71(65)73)55-39-35-53(36-40-55)51-31-27-49(28-32-51)50-29-33-52(34-30-50)54-37-41-56(42-38-54)60-44-46-72-66(48-60)64-22-10-14-26-70(64)74(72)68-24-12-8-20-62(68)58-17-5-2-6-18-58/h1-48H. The predicted molar refractivity (Wildman–Crippen MR) is 313 cm³/mol. The van der Waals surface area contributed by atoms with E-state index in [0.717, 1.165) is 0 Å². The van der Waals surface area contributed by atoms with Crippen LogP contribution in [-0.4, -0.2) is 9.13 Å². The number of hydrogen-bond donors (Lipinski definition) is 0. The molecule has 12 aromatic carbocycles. The van der Waals surface area contributed by atoms with Gasteiger partial charge >= 0.3 is 0 Å². The van der Waals surface area contributed by atoms with Gasteiger partial charge in [-0.3, -0.25) is 0 Å². The Hall–Kier alpha value is -9.76. The van der Waals surface area contributed by atoms with E-state index < -0.39 is 0 Å². The Kier molecular flexibility index (Phi) is 10.6. The SMILES string of the molecule is c1ccc(-c2ccccc2-n2c3ccccc3c3cc(-c4ccc(-c5ccc(-c6ccc(-c7ccc(-c8ccc9c(c8)c8ccccc8n9-c8ccccc8-c8ccccc8)cc7)cc6)cc5)cc4)ccc32)cc1. The van der Waals surface area contributed by atoms with Crippen LogP contribution in [0.25, 0.3) is 133 Å². The molecule has 0 unspecified atom stereocenters. The summed E-state index contributed by atoms with van der Waals surface area (Å²) in [6, 6.07) is 106. The zero-order valence-corrected chi connectivity index (χ0v) is 40.6. The molecule has 0 fully saturated rings. The fourth-order valence-electron chi connectivity index (χ4n) is 11.3. The summed E-state index contributed by atoms with van der Waals surface area (Å²) < 4.78 is 4.85. The van der Waals surface area contributed by atoms with Gasteiger partial charge in [-0.15, -0.1) is 0 Å². The van der Waals surface area contributed by atoms with Gasteiger partial charge in [0.05, 0.1) is 33.4 Å². The molecule has 14 rings (SSSR count). The number of nitrogens with zero attached hydrogens (tertiary/aromatic N) is 2. The molecule has 0 saturated carbocycles. The second-order valence-corrected chi connectivity index (χ2v) is 19.2. The van der Waals surface area contributed by atoms with Gasteiger partial charge < -0.3 is 9.13 Å². The summed E-state index contributed by atoms with van der Waals surface area (Å²) in [7, 11) is 0. The molecule has 0 radical (unpaired) electrons. The zero-order valence-electron chi connectivity index (χ0n) is 40.6. The predicted octanol–water partition coefficient (Wildman–Crippen LogP) is 19.5. The van der Waals surface area contributed by atoms with Crippen LogP contribution in [0, 0.1) is 0 Å². The molecule has 2 nitrogen and oxygen atoms in total. The third-order valence-corrected chi connectivity index (χ3v) is 15.0. The van der Waals surface area contributed by atoms with E-state index in [1.54, 1.807) is 0 Å². The summed E-state index contributed by atoms with van der Waals surface area (Å²) in [5, 5.41) is 5.00. The monoisotopic (exact) mass is 940 g/mol. The van der Waals surface area contributed by atoms with Crippen molar-refractivity contribution in [2.75, 3.05) is 0 Å². The zero-order chi connectivity index (χ0) is 49.0. The van der Waals surface area contributed by atoms with Crippen LogP contribution in [0.1, 0.15) is 0 Å². The second-order valence-electron chi connectivity index (χ2n) is 19.2. The van der Waals surface area contributed by atoms with E-state index in [4.69, 9.17) is 0 Å². The lowest BCUT2D eigenvalue weighted by atomic mass is 9.96. The quantitative estimate of drug-likeness (QED) is 0.136. The maximum absolute atomic E-state index is 2.42. The Morgan fingerprint density at radius 3 is 0.770 bits per heavy atom. The van der Waals surface area contributed by atoms with Crippen LogP contribution in [0.2, 0.25) is 0 Å². The normalized spacial score (nSPS) is 11.5. The summed E-state index contributed by atoms with van der Waals surface area (Å²) in [4.78, 5) is 0. The Morgan fingerprint density at radius 1 is 0.162 bits per heavy atom. The van der Waals surface area contributed by atoms with E-state index >= 15 is 0 Å². The van der Waals surface area contributed by atoms with E-state index in [1.165, 1.54) is 133 Å². The van der Waals surface area contributed by atoms with Gasteiger partial charge in [0.25, 0.3) is 0 Å². The van der Waals surface area contributed by atoms with Crippen molar-refractivity contribution in [1.29, 1.82) is 0 Å². The molecule has 346 valence electrons. The fraction of sp³-hybridized carbons (Fsp3) is 0. The first kappa shape index (κ1) is 43.1. The van der Waals surface area contributed by atoms with Crippen molar-refractivity contribution in [3.05, 3.63) is 291 Å². The van der Waals surface area contributed by atoms with Crippen LogP contribution in [-0.2, 0) is 0 Å². The van der Waals surface area contributed by atoms with Gasteiger partial charge in [0.1, 0.15) is 0 Å². The van der Waals surface area contributed by atoms with Crippen molar-refractivity contribution >= 4 is 43.6 Å². The maximum Gasteiger partial charge on any atom is 0.0541 e. The number of benzene rings is 12. The molecule has 2 heteroatoms. The Balaban J connectivity index is 0.690. The highest BCUT2D eigenvalue weighted by atomic mass is 15.0. The molecule has 0 aliphatic rings. The van der Waals surface area contributed by atoms with E-state index in [2.05, 4.69) is 300 Å². The third kappa shape index (κ3) is 7.52. The minimum atomic E-state index is 1.18. The first-order valence-electron chi connectivity index (χ1n) is 25.5. The van der Waals surface area contributed by atoms with Crippen molar-refractivity contribution in [2.45, 2.75) is 0 Å². The number of para-hydroxylation sites is 4. The molecule has 0 spiro atoms. The lowest BCUT2D eigenvalue weighted by Crippen LogP contribution is -1.96. The lowest BCUT2D eigenvalue weighted by Gasteiger charge is -2.14. The molecule has 0 atom stereocenters. The van der Waals surface area contributed by atoms with Crippen molar-refractivity contribution < 1.29 is 0 Å². The van der Waals surface area contributed by atoms with Gasteiger partial charge in [-0.1, -0.05) is 243 Å². The largest absolute Gasteiger partial charge is 0.309 e. The first-order chi connectivity index (χ1) is 36.7. The van der Waals surface area contributed by atoms with Crippen molar-refractivity contribution in [1.82, 2.24) is 9.13 Å². The van der Waals surface area contributed by atoms with Gasteiger partial charge in [0.15, 0.2) is 0 Å². The van der Waals surface area contributed by atoms with Crippen LogP contribution in [0.3, 0.4) is 0 Å². The summed E-state index contributed by atoms with van der Waals surface area (Å²) in [6.07, 6.45) is 0. The van der Waals surface area contributed by atoms with Gasteiger partial charge in [-0.2, -0.15) is 0 Å². The molecule has 74 heavy (non-hydrogen) atoms. The average molecular weight is 941 g/mol. The van der Waals surface area contributed by atoms with E-state index in [9.17, 15) is 0 Å². The minimum absolute atomic E-state index is 1.18.